The number of methoxy groups -OCH3 is 1. The van der Waals surface area contributed by atoms with Gasteiger partial charge in [-0.15, -0.1) is 0 Å². The lowest BCUT2D eigenvalue weighted by atomic mass is 10.0. The second-order valence-electron chi connectivity index (χ2n) is 3.58. The SMILES string of the molecule is CC.COC(=O)CC(=O)CCC(=O)c1ccccc1. The molecule has 0 spiro atoms. The Morgan fingerprint density at radius 1 is 1.00 bits per heavy atom. The molecule has 0 atom stereocenters. The molecule has 0 aliphatic rings. The highest BCUT2D eigenvalue weighted by molar-refractivity contribution is 6.01. The summed E-state index contributed by atoms with van der Waals surface area (Å²) >= 11 is 0. The van der Waals surface area contributed by atoms with Crippen LogP contribution in [-0.4, -0.2) is 24.6 Å². The van der Waals surface area contributed by atoms with Crippen molar-refractivity contribution in [1.29, 1.82) is 0 Å². The summed E-state index contributed by atoms with van der Waals surface area (Å²) in [5.41, 5.74) is 0.582. The van der Waals surface area contributed by atoms with Crippen molar-refractivity contribution >= 4 is 17.5 Å². The van der Waals surface area contributed by atoms with E-state index in [2.05, 4.69) is 4.74 Å². The molecule has 0 amide bonds. The highest BCUT2D eigenvalue weighted by Crippen LogP contribution is 2.06. The van der Waals surface area contributed by atoms with Crippen molar-refractivity contribution in [2.75, 3.05) is 7.11 Å². The van der Waals surface area contributed by atoms with Crippen molar-refractivity contribution in [3.05, 3.63) is 35.9 Å². The molecule has 0 bridgehead atoms. The van der Waals surface area contributed by atoms with Gasteiger partial charge in [0.05, 0.1) is 7.11 Å². The average Bonchev–Trinajstić information content (AvgIpc) is 2.47. The molecule has 0 fully saturated rings. The molecule has 0 unspecified atom stereocenters. The van der Waals surface area contributed by atoms with Gasteiger partial charge in [0.15, 0.2) is 5.78 Å². The van der Waals surface area contributed by atoms with Crippen LogP contribution >= 0.6 is 0 Å². The molecule has 4 heteroatoms. The van der Waals surface area contributed by atoms with Crippen LogP contribution in [0, 0.1) is 0 Å². The van der Waals surface area contributed by atoms with Gasteiger partial charge < -0.3 is 4.74 Å². The van der Waals surface area contributed by atoms with Gasteiger partial charge in [0.1, 0.15) is 12.2 Å². The Morgan fingerprint density at radius 3 is 2.11 bits per heavy atom. The molecule has 0 saturated carbocycles. The summed E-state index contributed by atoms with van der Waals surface area (Å²) in [4.78, 5) is 33.7. The number of carbonyl (C=O) groups is 3. The van der Waals surface area contributed by atoms with Crippen LogP contribution in [-0.2, 0) is 14.3 Å². The molecule has 4 nitrogen and oxygen atoms in total. The van der Waals surface area contributed by atoms with Gasteiger partial charge in [-0.1, -0.05) is 44.2 Å². The van der Waals surface area contributed by atoms with Gasteiger partial charge >= 0.3 is 5.97 Å². The van der Waals surface area contributed by atoms with Crippen molar-refractivity contribution < 1.29 is 19.1 Å². The van der Waals surface area contributed by atoms with E-state index in [0.717, 1.165) is 0 Å². The molecule has 104 valence electrons. The second kappa shape index (κ2) is 10.00. The first-order chi connectivity index (χ1) is 9.13. The fourth-order valence-corrected chi connectivity index (χ4v) is 1.34. The van der Waals surface area contributed by atoms with Crippen LogP contribution < -0.4 is 0 Å². The van der Waals surface area contributed by atoms with Crippen molar-refractivity contribution in [1.82, 2.24) is 0 Å². The van der Waals surface area contributed by atoms with Gasteiger partial charge in [-0.3, -0.25) is 14.4 Å². The van der Waals surface area contributed by atoms with Crippen molar-refractivity contribution in [2.24, 2.45) is 0 Å². The van der Waals surface area contributed by atoms with Crippen LogP contribution in [0.25, 0.3) is 0 Å². The van der Waals surface area contributed by atoms with Crippen molar-refractivity contribution in [2.45, 2.75) is 33.1 Å². The Bertz CT molecular complexity index is 409. The normalized spacial score (nSPS) is 9.00. The lowest BCUT2D eigenvalue weighted by Crippen LogP contribution is -2.11. The topological polar surface area (TPSA) is 60.4 Å². The molecule has 0 aliphatic heterocycles. The standard InChI is InChI=1S/C13H14O4.C2H6/c1-17-13(16)9-11(14)7-8-12(15)10-5-3-2-4-6-10;1-2/h2-6H,7-9H2,1H3;1-2H3. The lowest BCUT2D eigenvalue weighted by molar-refractivity contribution is -0.143. The van der Waals surface area contributed by atoms with Gasteiger partial charge in [0.25, 0.3) is 0 Å². The highest BCUT2D eigenvalue weighted by atomic mass is 16.5. The zero-order chi connectivity index (χ0) is 14.7. The number of Topliss-reactive ketones (excluding diaryl/α,β-unsaturated/α-hetero) is 2. The Labute approximate surface area is 113 Å². The van der Waals surface area contributed by atoms with Crippen LogP contribution in [0.15, 0.2) is 30.3 Å². The molecule has 0 aliphatic carbocycles. The molecule has 0 saturated heterocycles. The fraction of sp³-hybridized carbons (Fsp3) is 0.400. The number of hydrogen-bond acceptors (Lipinski definition) is 4. The number of ether oxygens (including phenoxy) is 1. The Balaban J connectivity index is 0.00000154. The van der Waals surface area contributed by atoms with Gasteiger partial charge in [-0.2, -0.15) is 0 Å². The van der Waals surface area contributed by atoms with E-state index >= 15 is 0 Å². The van der Waals surface area contributed by atoms with E-state index in [1.807, 2.05) is 19.9 Å². The molecular formula is C15H20O4. The molecule has 0 radical (unpaired) electrons. The molecule has 1 aromatic rings. The van der Waals surface area contributed by atoms with Crippen LogP contribution in [0.3, 0.4) is 0 Å². The van der Waals surface area contributed by atoms with E-state index in [9.17, 15) is 14.4 Å². The summed E-state index contributed by atoms with van der Waals surface area (Å²) in [6, 6.07) is 8.76. The maximum absolute atomic E-state index is 11.6. The Hall–Kier alpha value is -1.97. The smallest absolute Gasteiger partial charge is 0.313 e. The summed E-state index contributed by atoms with van der Waals surface area (Å²) in [5, 5.41) is 0. The minimum atomic E-state index is -0.567. The maximum Gasteiger partial charge on any atom is 0.313 e. The van der Waals surface area contributed by atoms with Crippen molar-refractivity contribution in [3.8, 4) is 0 Å². The monoisotopic (exact) mass is 264 g/mol. The summed E-state index contributed by atoms with van der Waals surface area (Å²) < 4.78 is 4.37. The van der Waals surface area contributed by atoms with E-state index in [1.54, 1.807) is 24.3 Å². The summed E-state index contributed by atoms with van der Waals surface area (Å²) in [6.45, 7) is 4.00. The predicted molar refractivity (Wildman–Crippen MR) is 73.0 cm³/mol. The zero-order valence-electron chi connectivity index (χ0n) is 11.6. The third-order valence-corrected chi connectivity index (χ3v) is 2.30. The predicted octanol–water partition coefficient (Wildman–Crippen LogP) is 2.81. The summed E-state index contributed by atoms with van der Waals surface area (Å²) in [6.07, 6.45) is -0.0682. The number of benzene rings is 1. The van der Waals surface area contributed by atoms with Gasteiger partial charge in [-0.25, -0.2) is 0 Å². The first-order valence-electron chi connectivity index (χ1n) is 6.30. The van der Waals surface area contributed by atoms with E-state index < -0.39 is 5.97 Å². The van der Waals surface area contributed by atoms with Crippen LogP contribution in [0.2, 0.25) is 0 Å². The number of ketones is 2. The molecule has 19 heavy (non-hydrogen) atoms. The van der Waals surface area contributed by atoms with Gasteiger partial charge in [0.2, 0.25) is 0 Å². The van der Waals surface area contributed by atoms with Gasteiger partial charge in [0, 0.05) is 18.4 Å². The van der Waals surface area contributed by atoms with E-state index in [1.165, 1.54) is 7.11 Å². The minimum absolute atomic E-state index is 0.0722. The van der Waals surface area contributed by atoms with Gasteiger partial charge in [-0.05, 0) is 0 Å². The zero-order valence-corrected chi connectivity index (χ0v) is 11.6. The quantitative estimate of drug-likeness (QED) is 0.450. The number of rotatable bonds is 6. The van der Waals surface area contributed by atoms with E-state index in [0.29, 0.717) is 5.56 Å². The largest absolute Gasteiger partial charge is 0.469 e. The third-order valence-electron chi connectivity index (χ3n) is 2.30. The third kappa shape index (κ3) is 7.13. The Morgan fingerprint density at radius 2 is 1.58 bits per heavy atom. The van der Waals surface area contributed by atoms with E-state index in [4.69, 9.17) is 0 Å². The maximum atomic E-state index is 11.6. The number of esters is 1. The first-order valence-corrected chi connectivity index (χ1v) is 6.30. The van der Waals surface area contributed by atoms with Crippen LogP contribution in [0.4, 0.5) is 0 Å². The van der Waals surface area contributed by atoms with Crippen LogP contribution in [0.5, 0.6) is 0 Å². The van der Waals surface area contributed by atoms with Crippen LogP contribution in [0.1, 0.15) is 43.5 Å². The first kappa shape index (κ1) is 17.0. The molecule has 1 aromatic carbocycles. The molecule has 0 heterocycles. The minimum Gasteiger partial charge on any atom is -0.469 e. The second-order valence-corrected chi connectivity index (χ2v) is 3.58. The Kier molecular flexibility index (Phi) is 8.96. The van der Waals surface area contributed by atoms with Crippen molar-refractivity contribution in [3.63, 3.8) is 0 Å². The molecule has 0 N–H and O–H groups in total. The lowest BCUT2D eigenvalue weighted by Gasteiger charge is -2.00. The van der Waals surface area contributed by atoms with E-state index in [-0.39, 0.29) is 30.8 Å². The molecule has 1 rings (SSSR count). The highest BCUT2D eigenvalue weighted by Gasteiger charge is 2.12. The average molecular weight is 264 g/mol. The summed E-state index contributed by atoms with van der Waals surface area (Å²) in [5.74, 6) is -0.938. The fourth-order valence-electron chi connectivity index (χ4n) is 1.34. The number of carbonyl (C=O) groups excluding carboxylic acids is 3. The molecule has 0 aromatic heterocycles. The summed E-state index contributed by atoms with van der Waals surface area (Å²) in [7, 11) is 1.23. The number of hydrogen-bond donors (Lipinski definition) is 0. The molecular weight excluding hydrogens is 244 g/mol.